The lowest BCUT2D eigenvalue weighted by atomic mass is 10.2. The molecule has 0 atom stereocenters. The molecule has 2 rings (SSSR count). The summed E-state index contributed by atoms with van der Waals surface area (Å²) in [6, 6.07) is 6.94. The van der Waals surface area contributed by atoms with E-state index in [0.29, 0.717) is 17.1 Å². The van der Waals surface area contributed by atoms with Gasteiger partial charge in [-0.1, -0.05) is 6.92 Å². The normalized spacial score (nSPS) is 10.0. The number of pyridine rings is 2. The number of hydrogen-bond donors (Lipinski definition) is 2. The van der Waals surface area contributed by atoms with Crippen molar-refractivity contribution in [3.63, 3.8) is 0 Å². The van der Waals surface area contributed by atoms with Crippen LogP contribution in [0.5, 0.6) is 5.88 Å². The molecule has 0 aliphatic heterocycles. The minimum Gasteiger partial charge on any atom is -0.481 e. The van der Waals surface area contributed by atoms with Crippen molar-refractivity contribution >= 4 is 17.4 Å². The largest absolute Gasteiger partial charge is 0.481 e. The SMILES string of the molecule is CCCNc1ccc(C(=O)Nc2ccc(OC)nc2)cn1. The summed E-state index contributed by atoms with van der Waals surface area (Å²) in [5, 5.41) is 5.91. The van der Waals surface area contributed by atoms with Crippen molar-refractivity contribution in [2.75, 3.05) is 24.3 Å². The molecular formula is C15H18N4O2. The van der Waals surface area contributed by atoms with Gasteiger partial charge in [0.2, 0.25) is 5.88 Å². The maximum Gasteiger partial charge on any atom is 0.257 e. The molecule has 2 N–H and O–H groups in total. The third-order valence-electron chi connectivity index (χ3n) is 2.79. The molecule has 0 unspecified atom stereocenters. The van der Waals surface area contributed by atoms with Crippen molar-refractivity contribution in [2.24, 2.45) is 0 Å². The summed E-state index contributed by atoms with van der Waals surface area (Å²) in [7, 11) is 1.54. The first kappa shape index (κ1) is 14.8. The predicted molar refractivity (Wildman–Crippen MR) is 81.8 cm³/mol. The molecule has 0 fully saturated rings. The molecule has 6 heteroatoms. The zero-order chi connectivity index (χ0) is 15.1. The van der Waals surface area contributed by atoms with E-state index in [0.717, 1.165) is 18.8 Å². The second-order valence-corrected chi connectivity index (χ2v) is 4.40. The van der Waals surface area contributed by atoms with Crippen molar-refractivity contribution in [1.29, 1.82) is 0 Å². The summed E-state index contributed by atoms with van der Waals surface area (Å²) in [5.74, 6) is 1.04. The van der Waals surface area contributed by atoms with Gasteiger partial charge in [-0.05, 0) is 24.6 Å². The quantitative estimate of drug-likeness (QED) is 0.853. The Bertz CT molecular complexity index is 582. The Morgan fingerprint density at radius 2 is 2.05 bits per heavy atom. The van der Waals surface area contributed by atoms with E-state index in [4.69, 9.17) is 4.74 Å². The average Bonchev–Trinajstić information content (AvgIpc) is 2.54. The first-order chi connectivity index (χ1) is 10.2. The van der Waals surface area contributed by atoms with Crippen LogP contribution in [0.15, 0.2) is 36.7 Å². The van der Waals surface area contributed by atoms with E-state index in [1.54, 1.807) is 43.8 Å². The van der Waals surface area contributed by atoms with Gasteiger partial charge in [-0.25, -0.2) is 9.97 Å². The molecule has 0 spiro atoms. The van der Waals surface area contributed by atoms with Crippen molar-refractivity contribution in [2.45, 2.75) is 13.3 Å². The highest BCUT2D eigenvalue weighted by Gasteiger charge is 2.07. The van der Waals surface area contributed by atoms with Gasteiger partial charge in [-0.3, -0.25) is 4.79 Å². The Labute approximate surface area is 123 Å². The van der Waals surface area contributed by atoms with Crippen LogP contribution in [0.25, 0.3) is 0 Å². The van der Waals surface area contributed by atoms with Gasteiger partial charge in [0.15, 0.2) is 0 Å². The highest BCUT2D eigenvalue weighted by Crippen LogP contribution is 2.13. The van der Waals surface area contributed by atoms with E-state index < -0.39 is 0 Å². The van der Waals surface area contributed by atoms with Crippen LogP contribution in [0.3, 0.4) is 0 Å². The Morgan fingerprint density at radius 1 is 1.19 bits per heavy atom. The monoisotopic (exact) mass is 286 g/mol. The number of rotatable bonds is 6. The van der Waals surface area contributed by atoms with Crippen LogP contribution in [-0.4, -0.2) is 29.5 Å². The maximum absolute atomic E-state index is 12.1. The predicted octanol–water partition coefficient (Wildman–Crippen LogP) is 2.56. The molecule has 0 radical (unpaired) electrons. The summed E-state index contributed by atoms with van der Waals surface area (Å²) in [4.78, 5) is 20.3. The number of methoxy groups -OCH3 is 1. The maximum atomic E-state index is 12.1. The number of anilines is 2. The first-order valence-electron chi connectivity index (χ1n) is 6.74. The molecular weight excluding hydrogens is 268 g/mol. The number of nitrogens with one attached hydrogen (secondary N) is 2. The van der Waals surface area contributed by atoms with Gasteiger partial charge >= 0.3 is 0 Å². The van der Waals surface area contributed by atoms with Gasteiger partial charge in [0.1, 0.15) is 5.82 Å². The van der Waals surface area contributed by atoms with E-state index in [2.05, 4.69) is 27.5 Å². The minimum absolute atomic E-state index is 0.225. The third-order valence-corrected chi connectivity index (χ3v) is 2.79. The van der Waals surface area contributed by atoms with Crippen LogP contribution in [0.2, 0.25) is 0 Å². The number of amides is 1. The molecule has 0 saturated heterocycles. The zero-order valence-corrected chi connectivity index (χ0v) is 12.1. The number of aromatic nitrogens is 2. The fourth-order valence-electron chi connectivity index (χ4n) is 1.66. The number of ether oxygens (including phenoxy) is 1. The van der Waals surface area contributed by atoms with Gasteiger partial charge in [0.05, 0.1) is 24.6 Å². The molecule has 2 aromatic heterocycles. The summed E-state index contributed by atoms with van der Waals surface area (Å²) in [6.45, 7) is 2.94. The fraction of sp³-hybridized carbons (Fsp3) is 0.267. The highest BCUT2D eigenvalue weighted by atomic mass is 16.5. The van der Waals surface area contributed by atoms with Crippen LogP contribution < -0.4 is 15.4 Å². The number of carbonyl (C=O) groups is 1. The molecule has 21 heavy (non-hydrogen) atoms. The number of nitrogens with zero attached hydrogens (tertiary/aromatic N) is 2. The van der Waals surface area contributed by atoms with Crippen LogP contribution >= 0.6 is 0 Å². The highest BCUT2D eigenvalue weighted by molar-refractivity contribution is 6.04. The Kier molecular flexibility index (Phi) is 5.09. The van der Waals surface area contributed by atoms with Gasteiger partial charge in [0.25, 0.3) is 5.91 Å². The van der Waals surface area contributed by atoms with Gasteiger partial charge in [-0.15, -0.1) is 0 Å². The van der Waals surface area contributed by atoms with E-state index in [1.807, 2.05) is 0 Å². The molecule has 0 aliphatic rings. The van der Waals surface area contributed by atoms with Gasteiger partial charge < -0.3 is 15.4 Å². The lowest BCUT2D eigenvalue weighted by Crippen LogP contribution is -2.12. The molecule has 110 valence electrons. The Balaban J connectivity index is 1.98. The molecule has 6 nitrogen and oxygen atoms in total. The fourth-order valence-corrected chi connectivity index (χ4v) is 1.66. The van der Waals surface area contributed by atoms with Crippen molar-refractivity contribution in [3.8, 4) is 5.88 Å². The standard InChI is InChI=1S/C15H18N4O2/c1-3-8-16-13-6-4-11(9-17-13)15(20)19-12-5-7-14(21-2)18-10-12/h4-7,9-10H,3,8H2,1-2H3,(H,16,17)(H,19,20). The smallest absolute Gasteiger partial charge is 0.257 e. The van der Waals surface area contributed by atoms with E-state index in [-0.39, 0.29) is 5.91 Å². The number of carbonyl (C=O) groups excluding carboxylic acids is 1. The van der Waals surface area contributed by atoms with Crippen LogP contribution in [0.1, 0.15) is 23.7 Å². The van der Waals surface area contributed by atoms with E-state index in [1.165, 1.54) is 0 Å². The Hall–Kier alpha value is -2.63. The van der Waals surface area contributed by atoms with Crippen LogP contribution in [0, 0.1) is 0 Å². The van der Waals surface area contributed by atoms with Crippen molar-refractivity contribution in [3.05, 3.63) is 42.2 Å². The summed E-state index contributed by atoms with van der Waals surface area (Å²) in [6.07, 6.45) is 4.11. The molecule has 0 bridgehead atoms. The molecule has 2 heterocycles. The van der Waals surface area contributed by atoms with E-state index >= 15 is 0 Å². The van der Waals surface area contributed by atoms with E-state index in [9.17, 15) is 4.79 Å². The topological polar surface area (TPSA) is 76.1 Å². The van der Waals surface area contributed by atoms with Crippen molar-refractivity contribution < 1.29 is 9.53 Å². The zero-order valence-electron chi connectivity index (χ0n) is 12.1. The van der Waals surface area contributed by atoms with Crippen LogP contribution in [-0.2, 0) is 0 Å². The van der Waals surface area contributed by atoms with Gasteiger partial charge in [0, 0.05) is 18.8 Å². The van der Waals surface area contributed by atoms with Crippen LogP contribution in [0.4, 0.5) is 11.5 Å². The molecule has 0 aromatic carbocycles. The third kappa shape index (κ3) is 4.17. The lowest BCUT2D eigenvalue weighted by molar-refractivity contribution is 0.102. The van der Waals surface area contributed by atoms with Crippen molar-refractivity contribution in [1.82, 2.24) is 9.97 Å². The lowest BCUT2D eigenvalue weighted by Gasteiger charge is -2.07. The molecule has 0 saturated carbocycles. The second kappa shape index (κ2) is 7.23. The molecule has 1 amide bonds. The first-order valence-corrected chi connectivity index (χ1v) is 6.74. The summed E-state index contributed by atoms with van der Waals surface area (Å²) < 4.78 is 4.96. The second-order valence-electron chi connectivity index (χ2n) is 4.40. The Morgan fingerprint density at radius 3 is 2.62 bits per heavy atom. The number of hydrogen-bond acceptors (Lipinski definition) is 5. The summed E-state index contributed by atoms with van der Waals surface area (Å²) >= 11 is 0. The average molecular weight is 286 g/mol. The minimum atomic E-state index is -0.225. The summed E-state index contributed by atoms with van der Waals surface area (Å²) in [5.41, 5.74) is 1.10. The van der Waals surface area contributed by atoms with Gasteiger partial charge in [-0.2, -0.15) is 0 Å². The molecule has 0 aliphatic carbocycles. The molecule has 2 aromatic rings.